The number of carbonyl (C=O) groups is 1. The number of nitrogens with zero attached hydrogens (tertiary/aromatic N) is 1. The van der Waals surface area contributed by atoms with Crippen LogP contribution in [0.3, 0.4) is 0 Å². The van der Waals surface area contributed by atoms with Crippen LogP contribution in [0.5, 0.6) is 0 Å². The summed E-state index contributed by atoms with van der Waals surface area (Å²) in [6.45, 7) is 4.28. The molecule has 90 valence electrons. The minimum absolute atomic E-state index is 0.122. The van der Waals surface area contributed by atoms with E-state index in [1.165, 1.54) is 6.20 Å². The Balaban J connectivity index is 2.80. The van der Waals surface area contributed by atoms with E-state index in [9.17, 15) is 4.79 Å². The first-order valence-corrected chi connectivity index (χ1v) is 5.62. The number of rotatable bonds is 3. The van der Waals surface area contributed by atoms with Gasteiger partial charge < -0.3 is 11.1 Å². The molecule has 0 saturated heterocycles. The van der Waals surface area contributed by atoms with Crippen molar-refractivity contribution in [3.05, 3.63) is 29.6 Å². The van der Waals surface area contributed by atoms with Crippen molar-refractivity contribution in [3.8, 4) is 11.8 Å². The summed E-state index contributed by atoms with van der Waals surface area (Å²) in [7, 11) is 0. The Hall–Kier alpha value is -1.86. The first kappa shape index (κ1) is 13.2. The minimum Gasteiger partial charge on any atom is -0.350 e. The van der Waals surface area contributed by atoms with Crippen LogP contribution >= 0.6 is 0 Å². The average molecular weight is 231 g/mol. The molecule has 0 aliphatic rings. The maximum atomic E-state index is 11.8. The molecule has 0 fully saturated rings. The number of carbonyl (C=O) groups excluding carboxylic acids is 1. The van der Waals surface area contributed by atoms with Crippen LogP contribution in [0.25, 0.3) is 0 Å². The molecule has 3 N–H and O–H groups in total. The lowest BCUT2D eigenvalue weighted by Crippen LogP contribution is -2.32. The van der Waals surface area contributed by atoms with Crippen LogP contribution in [-0.2, 0) is 0 Å². The van der Waals surface area contributed by atoms with Gasteiger partial charge in [0.1, 0.15) is 0 Å². The summed E-state index contributed by atoms with van der Waals surface area (Å²) in [6.07, 6.45) is 4.04. The molecule has 1 atom stereocenters. The molecule has 1 rings (SSSR count). The molecule has 4 nitrogen and oxygen atoms in total. The molecule has 1 amide bonds. The molecule has 4 heteroatoms. The van der Waals surface area contributed by atoms with E-state index < -0.39 is 0 Å². The monoisotopic (exact) mass is 231 g/mol. The van der Waals surface area contributed by atoms with Crippen molar-refractivity contribution in [1.29, 1.82) is 0 Å². The Kier molecular flexibility index (Phi) is 5.18. The fourth-order valence-corrected chi connectivity index (χ4v) is 1.19. The van der Waals surface area contributed by atoms with E-state index in [1.807, 2.05) is 13.8 Å². The molecule has 0 radical (unpaired) electrons. The minimum atomic E-state index is -0.122. The molecule has 0 saturated carbocycles. The molecule has 0 aromatic carbocycles. The predicted molar refractivity (Wildman–Crippen MR) is 67.4 cm³/mol. The van der Waals surface area contributed by atoms with Gasteiger partial charge in [-0.05, 0) is 19.4 Å². The summed E-state index contributed by atoms with van der Waals surface area (Å²) in [5.74, 6) is 5.46. The van der Waals surface area contributed by atoms with Crippen molar-refractivity contribution in [2.75, 3.05) is 6.54 Å². The molecular formula is C13H17N3O. The third-order valence-electron chi connectivity index (χ3n) is 2.33. The van der Waals surface area contributed by atoms with Crippen LogP contribution in [0.2, 0.25) is 0 Å². The van der Waals surface area contributed by atoms with Gasteiger partial charge in [-0.25, -0.2) is 0 Å². The van der Waals surface area contributed by atoms with Crippen molar-refractivity contribution < 1.29 is 4.79 Å². The molecule has 0 spiro atoms. The van der Waals surface area contributed by atoms with Crippen LogP contribution in [0, 0.1) is 11.8 Å². The molecule has 0 aliphatic carbocycles. The van der Waals surface area contributed by atoms with Gasteiger partial charge in [0.2, 0.25) is 0 Å². The highest BCUT2D eigenvalue weighted by Crippen LogP contribution is 2.02. The van der Waals surface area contributed by atoms with Crippen LogP contribution in [0.1, 0.15) is 36.2 Å². The third kappa shape index (κ3) is 4.25. The maximum Gasteiger partial charge on any atom is 0.253 e. The van der Waals surface area contributed by atoms with Gasteiger partial charge in [0, 0.05) is 24.0 Å². The van der Waals surface area contributed by atoms with E-state index in [2.05, 4.69) is 22.1 Å². The summed E-state index contributed by atoms with van der Waals surface area (Å²) in [5, 5.41) is 2.88. The molecular weight excluding hydrogens is 214 g/mol. The first-order chi connectivity index (χ1) is 8.17. The van der Waals surface area contributed by atoms with Crippen molar-refractivity contribution in [3.63, 3.8) is 0 Å². The summed E-state index contributed by atoms with van der Waals surface area (Å²) in [5.41, 5.74) is 6.51. The van der Waals surface area contributed by atoms with Gasteiger partial charge in [0.05, 0.1) is 12.1 Å². The fraction of sp³-hybridized carbons (Fsp3) is 0.385. The Labute approximate surface area is 102 Å². The van der Waals surface area contributed by atoms with E-state index in [4.69, 9.17) is 5.73 Å². The first-order valence-electron chi connectivity index (χ1n) is 5.62. The van der Waals surface area contributed by atoms with E-state index >= 15 is 0 Å². The zero-order valence-corrected chi connectivity index (χ0v) is 10.2. The van der Waals surface area contributed by atoms with Gasteiger partial charge in [-0.2, -0.15) is 0 Å². The molecule has 0 aliphatic heterocycles. The summed E-state index contributed by atoms with van der Waals surface area (Å²) < 4.78 is 0. The van der Waals surface area contributed by atoms with Crippen LogP contribution in [0.15, 0.2) is 18.5 Å². The average Bonchev–Trinajstić information content (AvgIpc) is 2.36. The number of nitrogens with one attached hydrogen (secondary N) is 1. The van der Waals surface area contributed by atoms with Gasteiger partial charge in [-0.3, -0.25) is 9.78 Å². The van der Waals surface area contributed by atoms with E-state index in [0.29, 0.717) is 17.7 Å². The van der Waals surface area contributed by atoms with Crippen LogP contribution in [-0.4, -0.2) is 23.5 Å². The topological polar surface area (TPSA) is 68.0 Å². The number of amides is 1. The normalized spacial score (nSPS) is 11.2. The van der Waals surface area contributed by atoms with Crippen molar-refractivity contribution in [1.82, 2.24) is 10.3 Å². The third-order valence-corrected chi connectivity index (χ3v) is 2.33. The van der Waals surface area contributed by atoms with Crippen molar-refractivity contribution >= 4 is 5.91 Å². The van der Waals surface area contributed by atoms with Gasteiger partial charge >= 0.3 is 0 Å². The Morgan fingerprint density at radius 3 is 3.00 bits per heavy atom. The zero-order chi connectivity index (χ0) is 12.7. The molecule has 1 aromatic rings. The van der Waals surface area contributed by atoms with Crippen LogP contribution in [0.4, 0.5) is 0 Å². The number of hydrogen-bond acceptors (Lipinski definition) is 3. The summed E-state index contributed by atoms with van der Waals surface area (Å²) in [4.78, 5) is 15.8. The lowest BCUT2D eigenvalue weighted by molar-refractivity contribution is 0.0939. The lowest BCUT2D eigenvalue weighted by Gasteiger charge is -2.10. The Bertz CT molecular complexity index is 445. The predicted octanol–water partition coefficient (Wildman–Crippen LogP) is 0.920. The molecule has 0 bridgehead atoms. The number of nitrogens with two attached hydrogens (primary N) is 1. The number of aromatic nitrogens is 1. The quantitative estimate of drug-likeness (QED) is 0.760. The highest BCUT2D eigenvalue weighted by molar-refractivity contribution is 5.94. The van der Waals surface area contributed by atoms with Gasteiger partial charge in [0.25, 0.3) is 5.91 Å². The van der Waals surface area contributed by atoms with Gasteiger partial charge in [-0.1, -0.05) is 18.8 Å². The molecule has 1 aromatic heterocycles. The second kappa shape index (κ2) is 6.66. The second-order valence-corrected chi connectivity index (χ2v) is 3.75. The highest BCUT2D eigenvalue weighted by atomic mass is 16.1. The van der Waals surface area contributed by atoms with E-state index in [1.54, 1.807) is 12.3 Å². The van der Waals surface area contributed by atoms with Gasteiger partial charge in [0.15, 0.2) is 0 Å². The largest absolute Gasteiger partial charge is 0.350 e. The summed E-state index contributed by atoms with van der Waals surface area (Å²) in [6, 6.07) is 1.87. The molecule has 17 heavy (non-hydrogen) atoms. The van der Waals surface area contributed by atoms with E-state index in [0.717, 1.165) is 6.42 Å². The molecule has 1 unspecified atom stereocenters. The fourth-order valence-electron chi connectivity index (χ4n) is 1.19. The molecule has 1 heterocycles. The lowest BCUT2D eigenvalue weighted by atomic mass is 10.2. The smallest absolute Gasteiger partial charge is 0.253 e. The number of pyridine rings is 1. The Morgan fingerprint density at radius 2 is 2.35 bits per heavy atom. The van der Waals surface area contributed by atoms with Crippen molar-refractivity contribution in [2.24, 2.45) is 5.73 Å². The Morgan fingerprint density at radius 1 is 1.59 bits per heavy atom. The standard InChI is InChI=1S/C13H17N3O/c1-3-10(2)16-13(17)12-7-11(5-4-6-14)8-15-9-12/h7-10H,3,6,14H2,1-2H3,(H,16,17). The highest BCUT2D eigenvalue weighted by Gasteiger charge is 2.08. The second-order valence-electron chi connectivity index (χ2n) is 3.75. The van der Waals surface area contributed by atoms with Crippen LogP contribution < -0.4 is 11.1 Å². The SMILES string of the molecule is CCC(C)NC(=O)c1cncc(C#CCN)c1. The van der Waals surface area contributed by atoms with Crippen molar-refractivity contribution in [2.45, 2.75) is 26.3 Å². The summed E-state index contributed by atoms with van der Waals surface area (Å²) >= 11 is 0. The maximum absolute atomic E-state index is 11.8. The number of hydrogen-bond donors (Lipinski definition) is 2. The zero-order valence-electron chi connectivity index (χ0n) is 10.2. The van der Waals surface area contributed by atoms with Gasteiger partial charge in [-0.15, -0.1) is 0 Å². The van der Waals surface area contributed by atoms with E-state index in [-0.39, 0.29) is 11.9 Å².